The maximum atomic E-state index is 12.9. The van der Waals surface area contributed by atoms with Gasteiger partial charge in [0.2, 0.25) is 0 Å². The molecule has 10 heteroatoms. The molecule has 0 aliphatic carbocycles. The van der Waals surface area contributed by atoms with Gasteiger partial charge in [0.15, 0.2) is 0 Å². The summed E-state index contributed by atoms with van der Waals surface area (Å²) >= 11 is 1.16. The quantitative estimate of drug-likeness (QED) is 0.492. The van der Waals surface area contributed by atoms with E-state index in [0.29, 0.717) is 10.8 Å². The normalized spacial score (nSPS) is 10.9. The first-order valence-corrected chi connectivity index (χ1v) is 11.5. The largest absolute Gasteiger partial charge is 0.497 e. The van der Waals surface area contributed by atoms with Crippen LogP contribution in [0.2, 0.25) is 0 Å². The number of carbonyl (C=O) groups excluding carboxylic acids is 2. The van der Waals surface area contributed by atoms with Gasteiger partial charge in [-0.1, -0.05) is 12.1 Å². The van der Waals surface area contributed by atoms with Gasteiger partial charge >= 0.3 is 5.97 Å². The Morgan fingerprint density at radius 1 is 1.00 bits per heavy atom. The van der Waals surface area contributed by atoms with Gasteiger partial charge in [0.1, 0.15) is 10.8 Å². The fourth-order valence-electron chi connectivity index (χ4n) is 2.67. The fraction of sp³-hybridized carbons (Fsp3) is 0.143. The number of nitrogens with one attached hydrogen (secondary N) is 2. The molecule has 2 N–H and O–H groups in total. The van der Waals surface area contributed by atoms with Crippen molar-refractivity contribution in [3.63, 3.8) is 0 Å². The Bertz CT molecular complexity index is 1190. The molecule has 1 aromatic heterocycles. The number of hydrogen-bond acceptors (Lipinski definition) is 7. The van der Waals surface area contributed by atoms with Crippen LogP contribution in [0.5, 0.6) is 5.75 Å². The van der Waals surface area contributed by atoms with Crippen LogP contribution in [0, 0.1) is 0 Å². The third-order valence-electron chi connectivity index (χ3n) is 4.17. The van der Waals surface area contributed by atoms with Crippen molar-refractivity contribution in [3.05, 3.63) is 71.1 Å². The zero-order chi connectivity index (χ0) is 22.4. The van der Waals surface area contributed by atoms with Crippen molar-refractivity contribution in [1.29, 1.82) is 0 Å². The summed E-state index contributed by atoms with van der Waals surface area (Å²) < 4.78 is 38.0. The van der Waals surface area contributed by atoms with Gasteiger partial charge in [-0.25, -0.2) is 13.2 Å². The van der Waals surface area contributed by atoms with E-state index in [1.165, 1.54) is 43.5 Å². The van der Waals surface area contributed by atoms with Crippen LogP contribution in [-0.2, 0) is 14.8 Å². The number of amides is 1. The average molecular weight is 461 g/mol. The van der Waals surface area contributed by atoms with Crippen molar-refractivity contribution in [2.45, 2.75) is 11.8 Å². The Kier molecular flexibility index (Phi) is 6.93. The maximum absolute atomic E-state index is 12.9. The lowest BCUT2D eigenvalue weighted by atomic mass is 10.1. The minimum absolute atomic E-state index is 0.0198. The molecule has 0 spiro atoms. The number of hydrogen-bond donors (Lipinski definition) is 2. The second kappa shape index (κ2) is 9.63. The molecule has 3 rings (SSSR count). The summed E-state index contributed by atoms with van der Waals surface area (Å²) in [7, 11) is -2.46. The van der Waals surface area contributed by atoms with E-state index < -0.39 is 21.9 Å². The number of thiophene rings is 1. The van der Waals surface area contributed by atoms with Gasteiger partial charge < -0.3 is 14.8 Å². The molecule has 8 nitrogen and oxygen atoms in total. The van der Waals surface area contributed by atoms with E-state index in [0.717, 1.165) is 11.3 Å². The molecule has 0 saturated carbocycles. The van der Waals surface area contributed by atoms with Crippen molar-refractivity contribution >= 4 is 43.9 Å². The van der Waals surface area contributed by atoms with Crippen LogP contribution >= 0.6 is 11.3 Å². The van der Waals surface area contributed by atoms with Crippen LogP contribution in [-0.4, -0.2) is 34.0 Å². The Hall–Kier alpha value is -3.37. The highest BCUT2D eigenvalue weighted by Crippen LogP contribution is 2.27. The molecule has 2 aromatic carbocycles. The van der Waals surface area contributed by atoms with Gasteiger partial charge in [-0.3, -0.25) is 9.52 Å². The predicted octanol–water partition coefficient (Wildman–Crippen LogP) is 3.99. The van der Waals surface area contributed by atoms with Crippen LogP contribution in [0.3, 0.4) is 0 Å². The molecular formula is C21H20N2O6S2. The molecule has 0 aliphatic heterocycles. The van der Waals surface area contributed by atoms with E-state index >= 15 is 0 Å². The summed E-state index contributed by atoms with van der Waals surface area (Å²) in [6, 6.07) is 13.6. The highest BCUT2D eigenvalue weighted by atomic mass is 32.2. The topological polar surface area (TPSA) is 111 Å². The van der Waals surface area contributed by atoms with E-state index in [2.05, 4.69) is 10.0 Å². The van der Waals surface area contributed by atoms with Crippen molar-refractivity contribution in [1.82, 2.24) is 0 Å². The molecule has 162 valence electrons. The van der Waals surface area contributed by atoms with Gasteiger partial charge in [-0.2, -0.15) is 0 Å². The minimum Gasteiger partial charge on any atom is -0.497 e. The summed E-state index contributed by atoms with van der Waals surface area (Å²) in [4.78, 5) is 24.9. The monoisotopic (exact) mass is 460 g/mol. The van der Waals surface area contributed by atoms with E-state index in [1.807, 2.05) is 0 Å². The lowest BCUT2D eigenvalue weighted by Gasteiger charge is -2.13. The highest BCUT2D eigenvalue weighted by Gasteiger charge is 2.21. The smallest absolute Gasteiger partial charge is 0.341 e. The number of anilines is 2. The van der Waals surface area contributed by atoms with Crippen LogP contribution in [0.25, 0.3) is 0 Å². The Labute approximate surface area is 183 Å². The lowest BCUT2D eigenvalue weighted by Crippen LogP contribution is -2.19. The summed E-state index contributed by atoms with van der Waals surface area (Å²) in [5.41, 5.74) is 0.435. The molecule has 0 aliphatic rings. The van der Waals surface area contributed by atoms with Crippen LogP contribution in [0.4, 0.5) is 10.7 Å². The van der Waals surface area contributed by atoms with Gasteiger partial charge in [0, 0.05) is 0 Å². The van der Waals surface area contributed by atoms with E-state index in [4.69, 9.17) is 9.47 Å². The third kappa shape index (κ3) is 5.22. The minimum atomic E-state index is -3.94. The van der Waals surface area contributed by atoms with Crippen LogP contribution in [0.1, 0.15) is 27.6 Å². The number of rotatable bonds is 8. The average Bonchev–Trinajstić information content (AvgIpc) is 3.22. The molecular weight excluding hydrogens is 440 g/mol. The van der Waals surface area contributed by atoms with Crippen LogP contribution in [0.15, 0.2) is 64.9 Å². The first-order valence-electron chi connectivity index (χ1n) is 9.17. The zero-order valence-electron chi connectivity index (χ0n) is 16.7. The maximum Gasteiger partial charge on any atom is 0.341 e. The molecule has 0 bridgehead atoms. The number of methoxy groups -OCH3 is 1. The fourth-order valence-corrected chi connectivity index (χ4v) is 4.52. The Morgan fingerprint density at radius 2 is 1.71 bits per heavy atom. The van der Waals surface area contributed by atoms with Gasteiger partial charge in [0.25, 0.3) is 15.9 Å². The number of sulfonamides is 1. The van der Waals surface area contributed by atoms with Gasteiger partial charge in [-0.15, -0.1) is 11.3 Å². The Morgan fingerprint density at radius 3 is 2.39 bits per heavy atom. The highest BCUT2D eigenvalue weighted by molar-refractivity contribution is 7.92. The summed E-state index contributed by atoms with van der Waals surface area (Å²) in [5, 5.41) is 4.62. The molecule has 31 heavy (non-hydrogen) atoms. The third-order valence-corrected chi connectivity index (χ3v) is 6.38. The number of benzene rings is 2. The molecule has 0 fully saturated rings. The number of esters is 1. The predicted molar refractivity (Wildman–Crippen MR) is 118 cm³/mol. The van der Waals surface area contributed by atoms with Crippen molar-refractivity contribution in [2.24, 2.45) is 0 Å². The van der Waals surface area contributed by atoms with Gasteiger partial charge in [0.05, 0.1) is 35.4 Å². The first kappa shape index (κ1) is 22.3. The van der Waals surface area contributed by atoms with Crippen molar-refractivity contribution in [2.75, 3.05) is 23.8 Å². The number of para-hydroxylation sites is 1. The summed E-state index contributed by atoms with van der Waals surface area (Å²) in [6.07, 6.45) is 0. The second-order valence-electron chi connectivity index (χ2n) is 6.16. The van der Waals surface area contributed by atoms with Crippen molar-refractivity contribution in [3.8, 4) is 5.75 Å². The van der Waals surface area contributed by atoms with Crippen LogP contribution < -0.4 is 14.8 Å². The number of ether oxygens (including phenoxy) is 2. The van der Waals surface area contributed by atoms with Gasteiger partial charge in [-0.05, 0) is 54.8 Å². The molecule has 1 amide bonds. The molecule has 1 heterocycles. The summed E-state index contributed by atoms with van der Waals surface area (Å²) in [6.45, 7) is 1.89. The molecule has 3 aromatic rings. The van der Waals surface area contributed by atoms with Crippen molar-refractivity contribution < 1.29 is 27.5 Å². The van der Waals surface area contributed by atoms with E-state index in [9.17, 15) is 18.0 Å². The molecule has 0 atom stereocenters. The molecule has 0 saturated heterocycles. The Balaban J connectivity index is 1.84. The number of carbonyl (C=O) groups is 2. The zero-order valence-corrected chi connectivity index (χ0v) is 18.4. The van der Waals surface area contributed by atoms with E-state index in [-0.39, 0.29) is 28.3 Å². The summed E-state index contributed by atoms with van der Waals surface area (Å²) in [5.74, 6) is -0.597. The second-order valence-corrected chi connectivity index (χ2v) is 8.76. The molecule has 0 unspecified atom stereocenters. The lowest BCUT2D eigenvalue weighted by molar-refractivity contribution is 0.0528. The first-order chi connectivity index (χ1) is 14.9. The molecule has 0 radical (unpaired) electrons. The van der Waals surface area contributed by atoms with E-state index in [1.54, 1.807) is 30.5 Å². The standard InChI is InChI=1S/C21H20N2O6S2/c1-3-29-21(25)17-12-13-30-20(17)22-19(24)16-6-4-5-7-18(16)23-31(26,27)15-10-8-14(28-2)9-11-15/h4-13,23H,3H2,1-2H3,(H,22,24). The SMILES string of the molecule is CCOC(=O)c1ccsc1NC(=O)c1ccccc1NS(=O)(=O)c1ccc(OC)cc1.